The lowest BCUT2D eigenvalue weighted by Gasteiger charge is -2.56. The topological polar surface area (TPSA) is 21.3 Å². The minimum atomic E-state index is 0.450. The standard InChI is InChI=1S/C23H33NO/c1-2-6-17(7-3-1)16-25-19-10-9-18-14-22-20-8-4-5-11-23(20,12-13-24-22)21(18)15-19/h9-10,15,17,20,22,24H,1-8,11-14,16H2/t20-,22+,23+/m0/s1. The third-order valence-corrected chi connectivity index (χ3v) is 7.83. The van der Waals surface area contributed by atoms with E-state index >= 15 is 0 Å². The number of ether oxygens (including phenoxy) is 1. The van der Waals surface area contributed by atoms with Crippen molar-refractivity contribution in [1.29, 1.82) is 0 Å². The number of hydrogen-bond acceptors (Lipinski definition) is 2. The number of benzene rings is 1. The quantitative estimate of drug-likeness (QED) is 0.837. The van der Waals surface area contributed by atoms with Gasteiger partial charge in [0.05, 0.1) is 6.61 Å². The highest BCUT2D eigenvalue weighted by molar-refractivity contribution is 5.45. The van der Waals surface area contributed by atoms with Crippen molar-refractivity contribution in [2.75, 3.05) is 13.2 Å². The zero-order valence-electron chi connectivity index (χ0n) is 15.6. The first-order chi connectivity index (χ1) is 12.4. The predicted molar refractivity (Wildman–Crippen MR) is 102 cm³/mol. The third kappa shape index (κ3) is 2.81. The number of hydrogen-bond donors (Lipinski definition) is 1. The fraction of sp³-hybridized carbons (Fsp3) is 0.739. The highest BCUT2D eigenvalue weighted by atomic mass is 16.5. The van der Waals surface area contributed by atoms with E-state index in [-0.39, 0.29) is 0 Å². The Morgan fingerprint density at radius 2 is 1.88 bits per heavy atom. The van der Waals surface area contributed by atoms with E-state index in [1.807, 2.05) is 0 Å². The maximum Gasteiger partial charge on any atom is 0.119 e. The highest BCUT2D eigenvalue weighted by Gasteiger charge is 2.51. The molecule has 1 heterocycles. The van der Waals surface area contributed by atoms with Crippen molar-refractivity contribution in [3.63, 3.8) is 0 Å². The Hall–Kier alpha value is -1.02. The summed E-state index contributed by atoms with van der Waals surface area (Å²) in [5.41, 5.74) is 3.71. The molecule has 0 unspecified atom stereocenters. The van der Waals surface area contributed by atoms with Gasteiger partial charge in [-0.25, -0.2) is 0 Å². The predicted octanol–water partition coefficient (Wildman–Crippen LogP) is 4.99. The van der Waals surface area contributed by atoms with E-state index < -0.39 is 0 Å². The first-order valence-corrected chi connectivity index (χ1v) is 10.8. The van der Waals surface area contributed by atoms with Crippen LogP contribution in [0.1, 0.15) is 75.3 Å². The van der Waals surface area contributed by atoms with E-state index in [1.54, 1.807) is 11.1 Å². The van der Waals surface area contributed by atoms with Crippen LogP contribution < -0.4 is 10.1 Å². The molecule has 25 heavy (non-hydrogen) atoms. The van der Waals surface area contributed by atoms with Crippen LogP contribution >= 0.6 is 0 Å². The Balaban J connectivity index is 1.40. The molecule has 0 radical (unpaired) electrons. The van der Waals surface area contributed by atoms with Gasteiger partial charge in [-0.3, -0.25) is 0 Å². The molecule has 0 aromatic heterocycles. The van der Waals surface area contributed by atoms with Crippen LogP contribution in [0.25, 0.3) is 0 Å². The summed E-state index contributed by atoms with van der Waals surface area (Å²) in [7, 11) is 0. The largest absolute Gasteiger partial charge is 0.493 e. The number of rotatable bonds is 3. The molecule has 2 saturated carbocycles. The van der Waals surface area contributed by atoms with Gasteiger partial charge >= 0.3 is 0 Å². The summed E-state index contributed by atoms with van der Waals surface area (Å²) in [4.78, 5) is 0. The fourth-order valence-electron chi connectivity index (χ4n) is 6.56. The van der Waals surface area contributed by atoms with Crippen molar-refractivity contribution in [1.82, 2.24) is 5.32 Å². The zero-order valence-corrected chi connectivity index (χ0v) is 15.6. The van der Waals surface area contributed by atoms with Gasteiger partial charge in [0.15, 0.2) is 0 Å². The van der Waals surface area contributed by atoms with Gasteiger partial charge < -0.3 is 10.1 Å². The zero-order chi connectivity index (χ0) is 16.7. The first kappa shape index (κ1) is 16.2. The van der Waals surface area contributed by atoms with Crippen LogP contribution in [0.2, 0.25) is 0 Å². The minimum absolute atomic E-state index is 0.450. The van der Waals surface area contributed by atoms with E-state index in [4.69, 9.17) is 4.74 Å². The molecule has 1 aromatic rings. The van der Waals surface area contributed by atoms with Crippen molar-refractivity contribution in [3.8, 4) is 5.75 Å². The first-order valence-electron chi connectivity index (χ1n) is 10.8. The third-order valence-electron chi connectivity index (χ3n) is 7.83. The minimum Gasteiger partial charge on any atom is -0.493 e. The van der Waals surface area contributed by atoms with Crippen molar-refractivity contribution < 1.29 is 4.74 Å². The maximum atomic E-state index is 6.31. The molecule has 1 saturated heterocycles. The van der Waals surface area contributed by atoms with Crippen molar-refractivity contribution in [2.45, 2.75) is 82.1 Å². The lowest BCUT2D eigenvalue weighted by molar-refractivity contribution is 0.0793. The number of nitrogens with one attached hydrogen (secondary N) is 1. The Morgan fingerprint density at radius 1 is 1.00 bits per heavy atom. The van der Waals surface area contributed by atoms with Gasteiger partial charge in [-0.05, 0) is 80.2 Å². The van der Waals surface area contributed by atoms with Crippen LogP contribution in [-0.4, -0.2) is 19.2 Å². The van der Waals surface area contributed by atoms with Gasteiger partial charge in [0.2, 0.25) is 0 Å². The molecular weight excluding hydrogens is 306 g/mol. The van der Waals surface area contributed by atoms with Gasteiger partial charge in [-0.15, -0.1) is 0 Å². The molecule has 1 aliphatic heterocycles. The lowest BCUT2D eigenvalue weighted by Crippen LogP contribution is -2.59. The normalized spacial score (nSPS) is 34.9. The van der Waals surface area contributed by atoms with Gasteiger partial charge in [-0.1, -0.05) is 38.2 Å². The van der Waals surface area contributed by atoms with Crippen LogP contribution in [0.4, 0.5) is 0 Å². The molecule has 136 valence electrons. The lowest BCUT2D eigenvalue weighted by atomic mass is 9.53. The fourth-order valence-corrected chi connectivity index (χ4v) is 6.56. The molecule has 2 heteroatoms. The van der Waals surface area contributed by atoms with Gasteiger partial charge in [0.25, 0.3) is 0 Å². The monoisotopic (exact) mass is 339 g/mol. The average Bonchev–Trinajstić information content (AvgIpc) is 2.67. The van der Waals surface area contributed by atoms with E-state index in [1.165, 1.54) is 77.2 Å². The maximum absolute atomic E-state index is 6.31. The Morgan fingerprint density at radius 3 is 2.80 bits per heavy atom. The molecule has 2 nitrogen and oxygen atoms in total. The molecule has 3 aliphatic carbocycles. The molecule has 1 N–H and O–H groups in total. The second kappa shape index (κ2) is 6.61. The molecule has 3 atom stereocenters. The molecule has 5 rings (SSSR count). The summed E-state index contributed by atoms with van der Waals surface area (Å²) in [6.07, 6.45) is 15.2. The van der Waals surface area contributed by atoms with Gasteiger partial charge in [-0.2, -0.15) is 0 Å². The molecule has 0 amide bonds. The van der Waals surface area contributed by atoms with Crippen LogP contribution in [0.5, 0.6) is 5.75 Å². The second-order valence-corrected chi connectivity index (χ2v) is 9.16. The summed E-state index contributed by atoms with van der Waals surface area (Å²) in [6, 6.07) is 7.81. The summed E-state index contributed by atoms with van der Waals surface area (Å²) in [5.74, 6) is 2.78. The SMILES string of the molecule is c1cc2c(cc1OCC1CCCCC1)[C@@]13CCCC[C@H]1[C@@H](C2)NCC3. The van der Waals surface area contributed by atoms with Crippen molar-refractivity contribution in [2.24, 2.45) is 11.8 Å². The summed E-state index contributed by atoms with van der Waals surface area (Å²) in [6.45, 7) is 2.13. The summed E-state index contributed by atoms with van der Waals surface area (Å²) in [5, 5.41) is 3.84. The van der Waals surface area contributed by atoms with Crippen LogP contribution in [0.15, 0.2) is 18.2 Å². The molecule has 0 spiro atoms. The smallest absolute Gasteiger partial charge is 0.119 e. The van der Waals surface area contributed by atoms with Crippen LogP contribution in [-0.2, 0) is 11.8 Å². The van der Waals surface area contributed by atoms with E-state index in [2.05, 4.69) is 23.5 Å². The molecule has 3 fully saturated rings. The van der Waals surface area contributed by atoms with Crippen LogP contribution in [0.3, 0.4) is 0 Å². The Bertz CT molecular complexity index is 617. The Labute approximate surface area is 152 Å². The number of fused-ring (bicyclic) bond motifs is 1. The summed E-state index contributed by atoms with van der Waals surface area (Å²) < 4.78 is 6.31. The molecule has 2 bridgehead atoms. The Kier molecular flexibility index (Phi) is 4.28. The second-order valence-electron chi connectivity index (χ2n) is 9.16. The van der Waals surface area contributed by atoms with Crippen molar-refractivity contribution in [3.05, 3.63) is 29.3 Å². The van der Waals surface area contributed by atoms with Gasteiger partial charge in [0, 0.05) is 11.5 Å². The van der Waals surface area contributed by atoms with Gasteiger partial charge in [0.1, 0.15) is 5.75 Å². The van der Waals surface area contributed by atoms with E-state index in [0.29, 0.717) is 5.41 Å². The molecule has 4 aliphatic rings. The van der Waals surface area contributed by atoms with E-state index in [9.17, 15) is 0 Å². The molecule has 1 aromatic carbocycles. The average molecular weight is 340 g/mol. The highest BCUT2D eigenvalue weighted by Crippen LogP contribution is 2.54. The van der Waals surface area contributed by atoms with Crippen LogP contribution in [0, 0.1) is 11.8 Å². The number of piperidine rings is 1. The summed E-state index contributed by atoms with van der Waals surface area (Å²) >= 11 is 0. The molecular formula is C23H33NO. The van der Waals surface area contributed by atoms with Crippen molar-refractivity contribution >= 4 is 0 Å². The van der Waals surface area contributed by atoms with E-state index in [0.717, 1.165) is 30.2 Å².